The first kappa shape index (κ1) is 16.2. The molecular weight excluding hydrogens is 283 g/mol. The van der Waals surface area contributed by atoms with E-state index in [1.54, 1.807) is 24.4 Å². The first-order valence-electron chi connectivity index (χ1n) is 7.46. The van der Waals surface area contributed by atoms with Crippen LogP contribution in [0.25, 0.3) is 5.69 Å². The van der Waals surface area contributed by atoms with Crippen molar-refractivity contribution in [3.05, 3.63) is 48.0 Å². The van der Waals surface area contributed by atoms with E-state index in [4.69, 9.17) is 0 Å². The minimum atomic E-state index is -0.335. The van der Waals surface area contributed by atoms with Gasteiger partial charge in [0, 0.05) is 19.3 Å². The van der Waals surface area contributed by atoms with Gasteiger partial charge in [-0.3, -0.25) is 4.79 Å². The smallest absolute Gasteiger partial charge is 0.271 e. The summed E-state index contributed by atoms with van der Waals surface area (Å²) in [5.74, 6) is -0.555. The number of amides is 1. The maximum atomic E-state index is 13.2. The van der Waals surface area contributed by atoms with Crippen LogP contribution < -0.4 is 5.32 Å². The molecule has 0 atom stereocenters. The highest BCUT2D eigenvalue weighted by atomic mass is 19.1. The number of carbonyl (C=O) groups is 1. The van der Waals surface area contributed by atoms with Gasteiger partial charge in [0.15, 0.2) is 5.69 Å². The lowest BCUT2D eigenvalue weighted by molar-refractivity contribution is 0.0943. The van der Waals surface area contributed by atoms with Crippen LogP contribution in [0.3, 0.4) is 0 Å². The summed E-state index contributed by atoms with van der Waals surface area (Å²) in [7, 11) is 0. The molecule has 1 aromatic heterocycles. The summed E-state index contributed by atoms with van der Waals surface area (Å²) in [6, 6.07) is 7.70. The molecular formula is C16H21FN4O. The number of nitrogens with zero attached hydrogens (tertiary/aromatic N) is 3. The van der Waals surface area contributed by atoms with Gasteiger partial charge < -0.3 is 10.2 Å². The number of hydrogen-bond acceptors (Lipinski definition) is 3. The van der Waals surface area contributed by atoms with Crippen LogP contribution in [0.2, 0.25) is 0 Å². The predicted molar refractivity (Wildman–Crippen MR) is 83.6 cm³/mol. The molecule has 0 aliphatic rings. The van der Waals surface area contributed by atoms with E-state index in [1.165, 1.54) is 16.8 Å². The van der Waals surface area contributed by atoms with Crippen LogP contribution in [0.4, 0.5) is 4.39 Å². The van der Waals surface area contributed by atoms with Gasteiger partial charge in [-0.2, -0.15) is 5.10 Å². The molecule has 0 spiro atoms. The third-order valence-electron chi connectivity index (χ3n) is 3.50. The zero-order chi connectivity index (χ0) is 15.9. The Morgan fingerprint density at radius 2 is 2.09 bits per heavy atom. The first-order valence-corrected chi connectivity index (χ1v) is 7.46. The van der Waals surface area contributed by atoms with E-state index in [0.717, 1.165) is 19.6 Å². The Morgan fingerprint density at radius 1 is 1.32 bits per heavy atom. The van der Waals surface area contributed by atoms with E-state index >= 15 is 0 Å². The van der Waals surface area contributed by atoms with Gasteiger partial charge >= 0.3 is 0 Å². The normalized spacial score (nSPS) is 10.9. The van der Waals surface area contributed by atoms with Gasteiger partial charge in [-0.05, 0) is 37.4 Å². The summed E-state index contributed by atoms with van der Waals surface area (Å²) >= 11 is 0. The SMILES string of the molecule is CCN(CC)CCNC(=O)c1ccn(-c2cccc(F)c2)n1. The second kappa shape index (κ2) is 7.70. The van der Waals surface area contributed by atoms with Crippen LogP contribution in [-0.4, -0.2) is 46.8 Å². The summed E-state index contributed by atoms with van der Waals surface area (Å²) in [6.45, 7) is 7.48. The molecule has 1 amide bonds. The highest BCUT2D eigenvalue weighted by Crippen LogP contribution is 2.09. The molecule has 118 valence electrons. The van der Waals surface area contributed by atoms with Crippen LogP contribution in [0.15, 0.2) is 36.5 Å². The van der Waals surface area contributed by atoms with Gasteiger partial charge in [0.1, 0.15) is 5.82 Å². The van der Waals surface area contributed by atoms with Crippen molar-refractivity contribution in [2.24, 2.45) is 0 Å². The van der Waals surface area contributed by atoms with Crippen LogP contribution >= 0.6 is 0 Å². The molecule has 0 saturated carbocycles. The molecule has 0 aliphatic heterocycles. The van der Waals surface area contributed by atoms with Gasteiger partial charge in [0.2, 0.25) is 0 Å². The maximum Gasteiger partial charge on any atom is 0.271 e. The van der Waals surface area contributed by atoms with Gasteiger partial charge in [0.25, 0.3) is 5.91 Å². The molecule has 2 aromatic rings. The number of aromatic nitrogens is 2. The molecule has 0 bridgehead atoms. The fourth-order valence-electron chi connectivity index (χ4n) is 2.17. The topological polar surface area (TPSA) is 50.2 Å². The number of benzene rings is 1. The van der Waals surface area contributed by atoms with Crippen LogP contribution in [-0.2, 0) is 0 Å². The molecule has 1 heterocycles. The highest BCUT2D eigenvalue weighted by molar-refractivity contribution is 5.92. The van der Waals surface area contributed by atoms with Crippen molar-refractivity contribution in [1.82, 2.24) is 20.0 Å². The molecule has 1 aromatic carbocycles. The Kier molecular flexibility index (Phi) is 5.66. The lowest BCUT2D eigenvalue weighted by Crippen LogP contribution is -2.35. The monoisotopic (exact) mass is 304 g/mol. The number of rotatable bonds is 7. The minimum Gasteiger partial charge on any atom is -0.349 e. The van der Waals surface area contributed by atoms with Gasteiger partial charge in [-0.15, -0.1) is 0 Å². The standard InChI is InChI=1S/C16H21FN4O/c1-3-20(4-2)11-9-18-16(22)15-8-10-21(19-15)14-7-5-6-13(17)12-14/h5-8,10,12H,3-4,9,11H2,1-2H3,(H,18,22). The van der Waals surface area contributed by atoms with E-state index in [9.17, 15) is 9.18 Å². The lowest BCUT2D eigenvalue weighted by Gasteiger charge is -2.17. The number of carbonyl (C=O) groups excluding carboxylic acids is 1. The van der Waals surface area contributed by atoms with Crippen molar-refractivity contribution in [2.75, 3.05) is 26.2 Å². The average molecular weight is 304 g/mol. The molecule has 0 saturated heterocycles. The van der Waals surface area contributed by atoms with E-state index in [2.05, 4.69) is 29.2 Å². The molecule has 0 fully saturated rings. The number of hydrogen-bond donors (Lipinski definition) is 1. The Labute approximate surface area is 129 Å². The summed E-state index contributed by atoms with van der Waals surface area (Å²) in [5, 5.41) is 7.03. The maximum absolute atomic E-state index is 13.2. The van der Waals surface area contributed by atoms with Gasteiger partial charge in [-0.25, -0.2) is 9.07 Å². The summed E-state index contributed by atoms with van der Waals surface area (Å²) in [5.41, 5.74) is 0.908. The molecule has 0 radical (unpaired) electrons. The molecule has 0 unspecified atom stereocenters. The number of halogens is 1. The van der Waals surface area contributed by atoms with Crippen LogP contribution in [0.5, 0.6) is 0 Å². The molecule has 5 nitrogen and oxygen atoms in total. The second-order valence-corrected chi connectivity index (χ2v) is 4.91. The zero-order valence-electron chi connectivity index (χ0n) is 12.9. The Balaban J connectivity index is 1.95. The second-order valence-electron chi connectivity index (χ2n) is 4.91. The van der Waals surface area contributed by atoms with Crippen LogP contribution in [0, 0.1) is 5.82 Å². The van der Waals surface area contributed by atoms with Crippen LogP contribution in [0.1, 0.15) is 24.3 Å². The first-order chi connectivity index (χ1) is 10.6. The lowest BCUT2D eigenvalue weighted by atomic mass is 10.3. The van der Waals surface area contributed by atoms with E-state index in [-0.39, 0.29) is 11.7 Å². The van der Waals surface area contributed by atoms with E-state index in [0.29, 0.717) is 17.9 Å². The molecule has 0 aliphatic carbocycles. The number of likely N-dealkylation sites (N-methyl/N-ethyl adjacent to an activating group) is 1. The average Bonchev–Trinajstić information content (AvgIpc) is 3.01. The Morgan fingerprint density at radius 3 is 2.77 bits per heavy atom. The molecule has 1 N–H and O–H groups in total. The fourth-order valence-corrected chi connectivity index (χ4v) is 2.17. The van der Waals surface area contributed by atoms with Crippen molar-refractivity contribution in [2.45, 2.75) is 13.8 Å². The van der Waals surface area contributed by atoms with Crippen molar-refractivity contribution in [3.63, 3.8) is 0 Å². The summed E-state index contributed by atoms with van der Waals surface area (Å²) < 4.78 is 14.7. The fraction of sp³-hybridized carbons (Fsp3) is 0.375. The predicted octanol–water partition coefficient (Wildman–Crippen LogP) is 2.08. The quantitative estimate of drug-likeness (QED) is 0.852. The summed E-state index contributed by atoms with van der Waals surface area (Å²) in [6.07, 6.45) is 1.65. The molecule has 6 heteroatoms. The van der Waals surface area contributed by atoms with Crippen molar-refractivity contribution in [3.8, 4) is 5.69 Å². The molecule has 2 rings (SSSR count). The van der Waals surface area contributed by atoms with Gasteiger partial charge in [-0.1, -0.05) is 19.9 Å². The van der Waals surface area contributed by atoms with Crippen molar-refractivity contribution < 1.29 is 9.18 Å². The Bertz CT molecular complexity index is 622. The minimum absolute atomic E-state index is 0.220. The third kappa shape index (κ3) is 4.14. The van der Waals surface area contributed by atoms with Gasteiger partial charge in [0.05, 0.1) is 5.69 Å². The van der Waals surface area contributed by atoms with E-state index < -0.39 is 0 Å². The highest BCUT2D eigenvalue weighted by Gasteiger charge is 2.10. The third-order valence-corrected chi connectivity index (χ3v) is 3.50. The molecule has 22 heavy (non-hydrogen) atoms. The Hall–Kier alpha value is -2.21. The summed E-state index contributed by atoms with van der Waals surface area (Å²) in [4.78, 5) is 14.3. The van der Waals surface area contributed by atoms with E-state index in [1.807, 2.05) is 0 Å². The zero-order valence-corrected chi connectivity index (χ0v) is 12.9. The van der Waals surface area contributed by atoms with Crippen molar-refractivity contribution >= 4 is 5.91 Å². The van der Waals surface area contributed by atoms with Crippen molar-refractivity contribution in [1.29, 1.82) is 0 Å². The largest absolute Gasteiger partial charge is 0.349 e. The number of nitrogens with one attached hydrogen (secondary N) is 1.